The Morgan fingerprint density at radius 1 is 0.917 bits per heavy atom. The molecule has 12 heavy (non-hydrogen) atoms. The molecule has 70 valence electrons. The van der Waals surface area contributed by atoms with Crippen molar-refractivity contribution >= 4 is 0 Å². The molecule has 0 amide bonds. The number of hydrogen-bond acceptors (Lipinski definition) is 6. The van der Waals surface area contributed by atoms with Crippen molar-refractivity contribution in [1.29, 1.82) is 0 Å². The van der Waals surface area contributed by atoms with Crippen LogP contribution < -0.4 is 24.0 Å². The number of halogens is 1. The molecule has 0 aliphatic heterocycles. The molecule has 0 aliphatic carbocycles. The van der Waals surface area contributed by atoms with Gasteiger partial charge in [-0.05, 0) is 0 Å². The third-order valence-corrected chi connectivity index (χ3v) is 0.928. The molecule has 0 aromatic rings. The summed E-state index contributed by atoms with van der Waals surface area (Å²) in [6.45, 7) is 0. The van der Waals surface area contributed by atoms with Crippen LogP contribution in [0, 0.1) is 30.3 Å². The van der Waals surface area contributed by atoms with Crippen LogP contribution in [0.1, 0.15) is 0 Å². The van der Waals surface area contributed by atoms with Crippen molar-refractivity contribution in [3.05, 3.63) is 30.3 Å². The molecule has 0 N–H and O–H groups in total. The van der Waals surface area contributed by atoms with E-state index in [2.05, 4.69) is 0 Å². The number of rotatable bonds is 3. The SMILES string of the molecule is C[N+]([N+](=O)[O-])([N+](=O)[O-])[N+](=O)[O-].[I-]. The number of nitrogens with zero attached hydrogens (tertiary/aromatic N) is 4. The Kier molecular flexibility index (Phi) is 4.55. The van der Waals surface area contributed by atoms with E-state index < -0.39 is 19.9 Å². The summed E-state index contributed by atoms with van der Waals surface area (Å²) in [6.07, 6.45) is 0. The maximum Gasteiger partial charge on any atom is 0.459 e. The van der Waals surface area contributed by atoms with Gasteiger partial charge in [0, 0.05) is 0 Å². The molecule has 0 rings (SSSR count). The summed E-state index contributed by atoms with van der Waals surface area (Å²) < 4.78 is 0. The summed E-state index contributed by atoms with van der Waals surface area (Å²) in [6, 6.07) is 0. The third-order valence-electron chi connectivity index (χ3n) is 0.928. The molecule has 0 atom stereocenters. The highest BCUT2D eigenvalue weighted by Crippen LogP contribution is 2.01. The first kappa shape index (κ1) is 13.5. The molecule has 11 heteroatoms. The first-order valence-corrected chi connectivity index (χ1v) is 2.14. The molecule has 0 aliphatic rings. The van der Waals surface area contributed by atoms with Gasteiger partial charge in [0.25, 0.3) is 7.05 Å². The molecule has 10 nitrogen and oxygen atoms in total. The van der Waals surface area contributed by atoms with Gasteiger partial charge in [0.15, 0.2) is 0 Å². The van der Waals surface area contributed by atoms with Gasteiger partial charge < -0.3 is 24.0 Å². The quantitative estimate of drug-likeness (QED) is 0.226. The predicted octanol–water partition coefficient (Wildman–Crippen LogP) is -3.99. The van der Waals surface area contributed by atoms with Crippen LogP contribution in [0.2, 0.25) is 0 Å². The summed E-state index contributed by atoms with van der Waals surface area (Å²) >= 11 is 0. The minimum atomic E-state index is -2.67. The van der Waals surface area contributed by atoms with Gasteiger partial charge in [0.2, 0.25) is 0 Å². The summed E-state index contributed by atoms with van der Waals surface area (Å²) in [5.74, 6) is 0. The lowest BCUT2D eigenvalue weighted by Gasteiger charge is -1.98. The molecule has 0 fully saturated rings. The fourth-order valence-electron chi connectivity index (χ4n) is 0.179. The lowest BCUT2D eigenvalue weighted by Crippen LogP contribution is -3.00. The van der Waals surface area contributed by atoms with Gasteiger partial charge in [-0.3, -0.25) is 0 Å². The largest absolute Gasteiger partial charge is 1.00 e. The molecule has 0 aromatic carbocycles. The number of quaternary nitrogens is 1. The molecule has 0 unspecified atom stereocenters. The van der Waals surface area contributed by atoms with E-state index in [9.17, 15) is 30.3 Å². The van der Waals surface area contributed by atoms with E-state index in [1.54, 1.807) is 0 Å². The van der Waals surface area contributed by atoms with E-state index >= 15 is 0 Å². The van der Waals surface area contributed by atoms with E-state index in [0.717, 1.165) is 0 Å². The van der Waals surface area contributed by atoms with Crippen molar-refractivity contribution in [2.75, 3.05) is 7.05 Å². The van der Waals surface area contributed by atoms with Crippen molar-refractivity contribution in [2.24, 2.45) is 0 Å². The summed E-state index contributed by atoms with van der Waals surface area (Å²) in [7, 11) is 0.250. The summed E-state index contributed by atoms with van der Waals surface area (Å²) in [5, 5.41) is 24.5. The molecule has 0 bridgehead atoms. The maximum atomic E-state index is 9.80. The van der Waals surface area contributed by atoms with Gasteiger partial charge in [-0.2, -0.15) is 30.3 Å². The average Bonchev–Trinajstić information content (AvgIpc) is 1.84. The van der Waals surface area contributed by atoms with Crippen LogP contribution in [0.15, 0.2) is 0 Å². The Morgan fingerprint density at radius 2 is 1.08 bits per heavy atom. The van der Waals surface area contributed by atoms with Gasteiger partial charge >= 0.3 is 19.9 Å². The zero-order valence-corrected chi connectivity index (χ0v) is 7.77. The standard InChI is InChI=1S/CH3N4O6.HI/c1-5(2(6)7,3(8)9)4(10)11;/h1H3;1H/q+1;/p-1. The van der Waals surface area contributed by atoms with Crippen molar-refractivity contribution in [2.45, 2.75) is 0 Å². The second-order valence-electron chi connectivity index (χ2n) is 1.58. The number of hydrogen-bond donors (Lipinski definition) is 0. The van der Waals surface area contributed by atoms with Gasteiger partial charge in [-0.1, -0.05) is 0 Å². The molecule has 0 aromatic heterocycles. The van der Waals surface area contributed by atoms with Crippen LogP contribution in [0.5, 0.6) is 0 Å². The van der Waals surface area contributed by atoms with Crippen molar-refractivity contribution < 1.29 is 43.9 Å². The average molecular weight is 294 g/mol. The minimum Gasteiger partial charge on any atom is -1.00 e. The second kappa shape index (κ2) is 4.05. The highest BCUT2D eigenvalue weighted by Gasteiger charge is 2.63. The van der Waals surface area contributed by atoms with Gasteiger partial charge in [0.05, 0.1) is 0 Å². The van der Waals surface area contributed by atoms with Crippen LogP contribution in [-0.2, 0) is 0 Å². The van der Waals surface area contributed by atoms with Gasteiger partial charge in [-0.15, -0.1) is 0 Å². The van der Waals surface area contributed by atoms with Crippen LogP contribution in [0.4, 0.5) is 0 Å². The van der Waals surface area contributed by atoms with E-state index in [1.807, 2.05) is 0 Å². The first-order valence-electron chi connectivity index (χ1n) is 2.14. The fraction of sp³-hybridized carbons (Fsp3) is 1.00. The summed E-state index contributed by atoms with van der Waals surface area (Å²) in [5.41, 5.74) is 0. The Labute approximate surface area is 81.7 Å². The lowest BCUT2D eigenvalue weighted by atomic mass is 11.3. The Balaban J connectivity index is 0. The van der Waals surface area contributed by atoms with Crippen LogP contribution >= 0.6 is 0 Å². The van der Waals surface area contributed by atoms with E-state index in [-0.39, 0.29) is 31.0 Å². The first-order chi connectivity index (χ1) is 4.83. The maximum absolute atomic E-state index is 9.80. The molecule has 0 heterocycles. The van der Waals surface area contributed by atoms with Crippen molar-refractivity contribution in [1.82, 2.24) is 0 Å². The molecular formula is CH3IN4O6. The Morgan fingerprint density at radius 3 is 1.08 bits per heavy atom. The molecule has 0 saturated carbocycles. The highest BCUT2D eigenvalue weighted by molar-refractivity contribution is 3.95. The van der Waals surface area contributed by atoms with Gasteiger partial charge in [-0.25, -0.2) is 0 Å². The topological polar surface area (TPSA) is 129 Å². The monoisotopic (exact) mass is 294 g/mol. The van der Waals surface area contributed by atoms with E-state index in [0.29, 0.717) is 0 Å². The molecule has 0 radical (unpaired) electrons. The molecule has 0 spiro atoms. The Hall–Kier alpha value is -1.11. The normalized spacial score (nSPS) is 9.75. The molecule has 0 saturated heterocycles. The zero-order valence-electron chi connectivity index (χ0n) is 5.62. The van der Waals surface area contributed by atoms with Crippen LogP contribution in [0.25, 0.3) is 0 Å². The Bertz CT molecular complexity index is 190. The van der Waals surface area contributed by atoms with Crippen molar-refractivity contribution in [3.8, 4) is 0 Å². The minimum absolute atomic E-state index is 0. The fourth-order valence-corrected chi connectivity index (χ4v) is 0.179. The third kappa shape index (κ3) is 1.94. The summed E-state index contributed by atoms with van der Waals surface area (Å²) in [4.78, 5) is 26.7. The van der Waals surface area contributed by atoms with Crippen LogP contribution in [0.3, 0.4) is 0 Å². The lowest BCUT2D eigenvalue weighted by molar-refractivity contribution is -1.73. The van der Waals surface area contributed by atoms with Crippen molar-refractivity contribution in [3.63, 3.8) is 0 Å². The second-order valence-corrected chi connectivity index (χ2v) is 1.58. The van der Waals surface area contributed by atoms with E-state index in [4.69, 9.17) is 0 Å². The smallest absolute Gasteiger partial charge is 0.459 e. The van der Waals surface area contributed by atoms with E-state index in [1.165, 1.54) is 0 Å². The van der Waals surface area contributed by atoms with Gasteiger partial charge in [0.1, 0.15) is 0 Å². The van der Waals surface area contributed by atoms with Crippen LogP contribution in [-0.4, -0.2) is 27.0 Å². The highest BCUT2D eigenvalue weighted by atomic mass is 127. The number of nitro groups is 3. The zero-order chi connectivity index (χ0) is 9.23. The predicted molar refractivity (Wildman–Crippen MR) is 27.2 cm³/mol. The molecular weight excluding hydrogens is 291 g/mol.